The average Bonchev–Trinajstić information content (AvgIpc) is 3.23. The molecule has 0 radical (unpaired) electrons. The summed E-state index contributed by atoms with van der Waals surface area (Å²) in [6.45, 7) is 9.82. The van der Waals surface area contributed by atoms with Crippen molar-refractivity contribution in [3.63, 3.8) is 0 Å². The normalized spacial score (nSPS) is 20.6. The lowest BCUT2D eigenvalue weighted by Gasteiger charge is -2.29. The third-order valence-corrected chi connectivity index (χ3v) is 8.42. The second-order valence-electron chi connectivity index (χ2n) is 7.23. The molecule has 0 spiro atoms. The van der Waals surface area contributed by atoms with Crippen molar-refractivity contribution in [2.45, 2.75) is 38.4 Å². The molecule has 1 aromatic carbocycles. The smallest absolute Gasteiger partial charge is 0.243 e. The summed E-state index contributed by atoms with van der Waals surface area (Å²) in [7, 11) is -3.51. The number of aryl methyl sites for hydroxylation is 1. The molecule has 1 fully saturated rings. The van der Waals surface area contributed by atoms with E-state index in [1.807, 2.05) is 12.1 Å². The average molecular weight is 422 g/mol. The van der Waals surface area contributed by atoms with E-state index in [4.69, 9.17) is 4.74 Å². The SMILES string of the molecule is CCN1c2ccc(S(=O)(=O)N3CCOCC3)cc2N(Cc2ccc(C)s2)[C@@H]1C. The summed E-state index contributed by atoms with van der Waals surface area (Å²) in [5, 5.41) is 0. The van der Waals surface area contributed by atoms with Gasteiger partial charge in [-0.3, -0.25) is 0 Å². The fourth-order valence-electron chi connectivity index (χ4n) is 4.03. The fraction of sp³-hybridized carbons (Fsp3) is 0.500. The van der Waals surface area contributed by atoms with Crippen LogP contribution >= 0.6 is 11.3 Å². The summed E-state index contributed by atoms with van der Waals surface area (Å²) in [6, 6.07) is 9.86. The molecule has 0 N–H and O–H groups in total. The Morgan fingerprint density at radius 1 is 1.11 bits per heavy atom. The number of sulfonamides is 1. The summed E-state index contributed by atoms with van der Waals surface area (Å²) in [5.74, 6) is 0. The van der Waals surface area contributed by atoms with Gasteiger partial charge in [-0.25, -0.2) is 8.42 Å². The Bertz CT molecular complexity index is 951. The van der Waals surface area contributed by atoms with E-state index in [1.165, 1.54) is 14.1 Å². The van der Waals surface area contributed by atoms with Crippen molar-refractivity contribution in [2.24, 2.45) is 0 Å². The summed E-state index contributed by atoms with van der Waals surface area (Å²) in [4.78, 5) is 7.57. The predicted molar refractivity (Wildman–Crippen MR) is 114 cm³/mol. The van der Waals surface area contributed by atoms with Crippen molar-refractivity contribution in [1.82, 2.24) is 4.31 Å². The number of thiophene rings is 1. The van der Waals surface area contributed by atoms with Crippen LogP contribution in [0.5, 0.6) is 0 Å². The van der Waals surface area contributed by atoms with Crippen molar-refractivity contribution < 1.29 is 13.2 Å². The first kappa shape index (κ1) is 19.7. The fourth-order valence-corrected chi connectivity index (χ4v) is 6.35. The minimum absolute atomic E-state index is 0.184. The molecule has 8 heteroatoms. The second kappa shape index (κ2) is 7.67. The molecular weight excluding hydrogens is 394 g/mol. The monoisotopic (exact) mass is 421 g/mol. The molecule has 28 heavy (non-hydrogen) atoms. The first-order chi connectivity index (χ1) is 13.4. The Balaban J connectivity index is 1.71. The van der Waals surface area contributed by atoms with Crippen molar-refractivity contribution in [2.75, 3.05) is 42.6 Å². The number of rotatable bonds is 5. The second-order valence-corrected chi connectivity index (χ2v) is 10.5. The van der Waals surface area contributed by atoms with Crippen LogP contribution < -0.4 is 9.80 Å². The van der Waals surface area contributed by atoms with Crippen LogP contribution in [0, 0.1) is 6.92 Å². The van der Waals surface area contributed by atoms with Gasteiger partial charge in [-0.05, 0) is 51.1 Å². The lowest BCUT2D eigenvalue weighted by atomic mass is 10.2. The third-order valence-electron chi connectivity index (χ3n) is 5.54. The van der Waals surface area contributed by atoms with Gasteiger partial charge in [0.25, 0.3) is 0 Å². The zero-order chi connectivity index (χ0) is 19.9. The maximum Gasteiger partial charge on any atom is 0.243 e. The lowest BCUT2D eigenvalue weighted by molar-refractivity contribution is 0.0730. The number of benzene rings is 1. The predicted octanol–water partition coefficient (Wildman–Crippen LogP) is 3.27. The van der Waals surface area contributed by atoms with Crippen LogP contribution in [0.25, 0.3) is 0 Å². The van der Waals surface area contributed by atoms with E-state index in [9.17, 15) is 8.42 Å². The molecule has 0 amide bonds. The Labute approximate surface area is 171 Å². The Morgan fingerprint density at radius 3 is 2.50 bits per heavy atom. The van der Waals surface area contributed by atoms with E-state index in [-0.39, 0.29) is 6.17 Å². The number of ether oxygens (including phenoxy) is 1. The van der Waals surface area contributed by atoms with E-state index in [2.05, 4.69) is 42.7 Å². The van der Waals surface area contributed by atoms with E-state index in [1.54, 1.807) is 17.4 Å². The summed E-state index contributed by atoms with van der Waals surface area (Å²) in [5.41, 5.74) is 2.10. The van der Waals surface area contributed by atoms with Gasteiger partial charge in [0, 0.05) is 29.4 Å². The van der Waals surface area contributed by atoms with Crippen molar-refractivity contribution >= 4 is 32.7 Å². The summed E-state index contributed by atoms with van der Waals surface area (Å²) >= 11 is 1.79. The highest BCUT2D eigenvalue weighted by Gasteiger charge is 2.34. The van der Waals surface area contributed by atoms with Gasteiger partial charge in [-0.2, -0.15) is 4.31 Å². The lowest BCUT2D eigenvalue weighted by Crippen LogP contribution is -2.40. The maximum atomic E-state index is 13.1. The molecule has 3 heterocycles. The zero-order valence-corrected chi connectivity index (χ0v) is 18.2. The highest BCUT2D eigenvalue weighted by molar-refractivity contribution is 7.89. The van der Waals surface area contributed by atoms with Crippen LogP contribution in [0.4, 0.5) is 11.4 Å². The zero-order valence-electron chi connectivity index (χ0n) is 16.6. The van der Waals surface area contributed by atoms with Gasteiger partial charge in [0.15, 0.2) is 0 Å². The van der Waals surface area contributed by atoms with Crippen LogP contribution in [-0.2, 0) is 21.3 Å². The standard InChI is InChI=1S/C20H27N3O3S2/c1-4-22-16(3)23(14-17-6-5-15(2)27-17)20-13-18(7-8-19(20)22)28(24,25)21-9-11-26-12-10-21/h5-8,13,16H,4,9-12,14H2,1-3H3/t16-/m1/s1. The number of fused-ring (bicyclic) bond motifs is 1. The molecule has 152 valence electrons. The molecule has 1 aromatic heterocycles. The highest BCUT2D eigenvalue weighted by atomic mass is 32.2. The molecule has 0 bridgehead atoms. The first-order valence-electron chi connectivity index (χ1n) is 9.72. The Hall–Kier alpha value is -1.61. The topological polar surface area (TPSA) is 53.1 Å². The Morgan fingerprint density at radius 2 is 1.86 bits per heavy atom. The molecule has 2 aliphatic heterocycles. The van der Waals surface area contributed by atoms with Gasteiger partial charge in [0.1, 0.15) is 0 Å². The van der Waals surface area contributed by atoms with Gasteiger partial charge < -0.3 is 14.5 Å². The molecule has 0 unspecified atom stereocenters. The van der Waals surface area contributed by atoms with Crippen LogP contribution in [0.1, 0.15) is 23.6 Å². The van der Waals surface area contributed by atoms with Crippen LogP contribution in [0.2, 0.25) is 0 Å². The molecular formula is C20H27N3O3S2. The quantitative estimate of drug-likeness (QED) is 0.742. The molecule has 1 saturated heterocycles. The number of hydrogen-bond donors (Lipinski definition) is 0. The number of nitrogens with zero attached hydrogens (tertiary/aromatic N) is 3. The van der Waals surface area contributed by atoms with Gasteiger partial charge >= 0.3 is 0 Å². The van der Waals surface area contributed by atoms with E-state index >= 15 is 0 Å². The van der Waals surface area contributed by atoms with Gasteiger partial charge in [-0.1, -0.05) is 0 Å². The summed E-state index contributed by atoms with van der Waals surface area (Å²) < 4.78 is 33.1. The van der Waals surface area contributed by atoms with Crippen molar-refractivity contribution in [3.05, 3.63) is 40.1 Å². The number of morpholine rings is 1. The van der Waals surface area contributed by atoms with Gasteiger partial charge in [0.05, 0.1) is 42.2 Å². The van der Waals surface area contributed by atoms with Crippen LogP contribution in [-0.4, -0.2) is 51.7 Å². The first-order valence-corrected chi connectivity index (χ1v) is 12.0. The van der Waals surface area contributed by atoms with E-state index in [0.29, 0.717) is 31.2 Å². The molecule has 1 atom stereocenters. The van der Waals surface area contributed by atoms with E-state index < -0.39 is 10.0 Å². The molecule has 0 aliphatic carbocycles. The molecule has 0 saturated carbocycles. The van der Waals surface area contributed by atoms with Crippen LogP contribution in [0.15, 0.2) is 35.2 Å². The third kappa shape index (κ3) is 3.43. The minimum Gasteiger partial charge on any atom is -0.379 e. The van der Waals surface area contributed by atoms with Crippen molar-refractivity contribution in [1.29, 1.82) is 0 Å². The Kier molecular flexibility index (Phi) is 5.39. The minimum atomic E-state index is -3.51. The van der Waals surface area contributed by atoms with Crippen molar-refractivity contribution in [3.8, 4) is 0 Å². The molecule has 4 rings (SSSR count). The van der Waals surface area contributed by atoms with E-state index in [0.717, 1.165) is 24.5 Å². The highest BCUT2D eigenvalue weighted by Crippen LogP contribution is 2.42. The largest absolute Gasteiger partial charge is 0.379 e. The summed E-state index contributed by atoms with van der Waals surface area (Å²) in [6.07, 6.45) is 0.184. The van der Waals surface area contributed by atoms with Gasteiger partial charge in [-0.15, -0.1) is 11.3 Å². The molecule has 2 aliphatic rings. The number of anilines is 2. The van der Waals surface area contributed by atoms with Crippen LogP contribution in [0.3, 0.4) is 0 Å². The number of hydrogen-bond acceptors (Lipinski definition) is 6. The molecule has 6 nitrogen and oxygen atoms in total. The van der Waals surface area contributed by atoms with Gasteiger partial charge in [0.2, 0.25) is 10.0 Å². The maximum absolute atomic E-state index is 13.1. The molecule has 2 aromatic rings.